The second-order valence-corrected chi connectivity index (χ2v) is 6.31. The highest BCUT2D eigenvalue weighted by atomic mass is 35.5. The maximum Gasteiger partial charge on any atom is 0.231 e. The lowest BCUT2D eigenvalue weighted by atomic mass is 9.86. The lowest BCUT2D eigenvalue weighted by Crippen LogP contribution is -2.58. The summed E-state index contributed by atoms with van der Waals surface area (Å²) in [6.45, 7) is 1.92. The van der Waals surface area contributed by atoms with Crippen molar-refractivity contribution < 1.29 is 4.79 Å². The van der Waals surface area contributed by atoms with Crippen LogP contribution in [0.15, 0.2) is 42.6 Å². The molecule has 2 heterocycles. The van der Waals surface area contributed by atoms with Gasteiger partial charge in [-0.2, -0.15) is 0 Å². The van der Waals surface area contributed by atoms with Gasteiger partial charge in [0, 0.05) is 23.8 Å². The number of guanidine groups is 1. The summed E-state index contributed by atoms with van der Waals surface area (Å²) in [7, 11) is 1.60. The first-order valence-electron chi connectivity index (χ1n) is 7.25. The first-order chi connectivity index (χ1) is 10.9. The van der Waals surface area contributed by atoms with Crippen LogP contribution in [0.25, 0.3) is 11.3 Å². The van der Waals surface area contributed by atoms with Gasteiger partial charge in [0.1, 0.15) is 0 Å². The van der Waals surface area contributed by atoms with Gasteiger partial charge in [0.05, 0.1) is 17.7 Å². The van der Waals surface area contributed by atoms with E-state index in [0.29, 0.717) is 5.02 Å². The molecule has 6 heteroatoms. The smallest absolute Gasteiger partial charge is 0.231 e. The van der Waals surface area contributed by atoms with Gasteiger partial charge in [-0.3, -0.25) is 20.1 Å². The Hall–Kier alpha value is -2.40. The summed E-state index contributed by atoms with van der Waals surface area (Å²) >= 11 is 6.05. The molecule has 1 atom stereocenters. The third kappa shape index (κ3) is 2.92. The van der Waals surface area contributed by atoms with Crippen LogP contribution in [0.1, 0.15) is 18.9 Å². The minimum atomic E-state index is -0.628. The van der Waals surface area contributed by atoms with E-state index in [4.69, 9.17) is 17.0 Å². The number of carbonyl (C=O) groups excluding carboxylic acids is 1. The summed E-state index contributed by atoms with van der Waals surface area (Å²) in [4.78, 5) is 17.8. The number of hydrogen-bond donors (Lipinski definition) is 2. The van der Waals surface area contributed by atoms with E-state index in [2.05, 4.69) is 10.3 Å². The fourth-order valence-electron chi connectivity index (χ4n) is 2.69. The van der Waals surface area contributed by atoms with Crippen LogP contribution in [0.5, 0.6) is 0 Å². The molecule has 1 aromatic heterocycles. The standard InChI is InChI=1S/C17H17ClN4O/c1-17(10-15(23)22(2)16(19)21-17)12-6-7-20-14(9-12)11-4-3-5-13(18)8-11/h3-9H,10H2,1-2H3,(H2,19,21). The zero-order valence-corrected chi connectivity index (χ0v) is 13.7. The first-order valence-corrected chi connectivity index (χ1v) is 7.63. The average molecular weight is 329 g/mol. The van der Waals surface area contributed by atoms with Gasteiger partial charge in [-0.15, -0.1) is 0 Å². The van der Waals surface area contributed by atoms with E-state index in [1.165, 1.54) is 4.90 Å². The molecule has 1 aromatic carbocycles. The van der Waals surface area contributed by atoms with E-state index in [1.807, 2.05) is 43.3 Å². The molecule has 5 nitrogen and oxygen atoms in total. The summed E-state index contributed by atoms with van der Waals surface area (Å²) in [5.74, 6) is 0.0160. The van der Waals surface area contributed by atoms with Crippen LogP contribution in [-0.2, 0) is 10.3 Å². The quantitative estimate of drug-likeness (QED) is 0.890. The molecule has 2 aromatic rings. The average Bonchev–Trinajstić information content (AvgIpc) is 2.53. The van der Waals surface area contributed by atoms with Crippen LogP contribution in [0.3, 0.4) is 0 Å². The van der Waals surface area contributed by atoms with Crippen molar-refractivity contribution in [2.75, 3.05) is 7.05 Å². The number of benzene rings is 1. The molecule has 1 amide bonds. The number of carbonyl (C=O) groups is 1. The molecule has 0 spiro atoms. The van der Waals surface area contributed by atoms with Gasteiger partial charge in [-0.1, -0.05) is 23.7 Å². The van der Waals surface area contributed by atoms with E-state index in [1.54, 1.807) is 13.2 Å². The number of pyridine rings is 1. The summed E-state index contributed by atoms with van der Waals surface area (Å²) in [6, 6.07) is 11.3. The molecule has 0 radical (unpaired) electrons. The number of halogens is 1. The van der Waals surface area contributed by atoms with Crippen LogP contribution in [0.4, 0.5) is 0 Å². The van der Waals surface area contributed by atoms with Gasteiger partial charge in [0.15, 0.2) is 5.96 Å². The highest BCUT2D eigenvalue weighted by Gasteiger charge is 2.38. The minimum absolute atomic E-state index is 0.0858. The van der Waals surface area contributed by atoms with E-state index in [-0.39, 0.29) is 18.3 Å². The molecule has 0 aliphatic carbocycles. The molecule has 1 unspecified atom stereocenters. The molecule has 0 bridgehead atoms. The zero-order chi connectivity index (χ0) is 16.6. The van der Waals surface area contributed by atoms with Crippen molar-refractivity contribution in [3.05, 3.63) is 53.2 Å². The molecular weight excluding hydrogens is 312 g/mol. The number of rotatable bonds is 2. The molecule has 118 valence electrons. The highest BCUT2D eigenvalue weighted by Crippen LogP contribution is 2.31. The molecule has 0 saturated carbocycles. The second kappa shape index (κ2) is 5.66. The number of amides is 1. The normalized spacial score (nSPS) is 21.3. The van der Waals surface area contributed by atoms with Gasteiger partial charge < -0.3 is 5.32 Å². The second-order valence-electron chi connectivity index (χ2n) is 5.88. The number of hydrogen-bond acceptors (Lipinski definition) is 3. The van der Waals surface area contributed by atoms with Crippen molar-refractivity contribution in [2.45, 2.75) is 18.9 Å². The van der Waals surface area contributed by atoms with Gasteiger partial charge >= 0.3 is 0 Å². The predicted molar refractivity (Wildman–Crippen MR) is 90.3 cm³/mol. The Kier molecular flexibility index (Phi) is 3.82. The van der Waals surface area contributed by atoms with Crippen LogP contribution in [0.2, 0.25) is 5.02 Å². The largest absolute Gasteiger partial charge is 0.346 e. The summed E-state index contributed by atoms with van der Waals surface area (Å²) < 4.78 is 0. The number of nitrogens with one attached hydrogen (secondary N) is 2. The highest BCUT2D eigenvalue weighted by molar-refractivity contribution is 6.30. The molecular formula is C17H17ClN4O. The van der Waals surface area contributed by atoms with Crippen molar-refractivity contribution in [3.63, 3.8) is 0 Å². The Balaban J connectivity index is 1.99. The zero-order valence-electron chi connectivity index (χ0n) is 12.9. The molecule has 23 heavy (non-hydrogen) atoms. The molecule has 1 fully saturated rings. The van der Waals surface area contributed by atoms with Crippen molar-refractivity contribution >= 4 is 23.5 Å². The van der Waals surface area contributed by atoms with Crippen LogP contribution in [-0.4, -0.2) is 28.8 Å². The first kappa shape index (κ1) is 15.5. The van der Waals surface area contributed by atoms with E-state index >= 15 is 0 Å². The molecule has 1 aliphatic rings. The maximum absolute atomic E-state index is 12.1. The monoisotopic (exact) mass is 328 g/mol. The number of aromatic nitrogens is 1. The van der Waals surface area contributed by atoms with E-state index in [9.17, 15) is 4.79 Å². The predicted octanol–water partition coefficient (Wildman–Crippen LogP) is 3.00. The maximum atomic E-state index is 12.1. The molecule has 1 aliphatic heterocycles. The summed E-state index contributed by atoms with van der Waals surface area (Å²) in [5, 5.41) is 11.7. The van der Waals surface area contributed by atoms with Gasteiger partial charge in [-0.05, 0) is 36.8 Å². The Morgan fingerprint density at radius 3 is 2.83 bits per heavy atom. The summed E-state index contributed by atoms with van der Waals surface area (Å²) in [6.07, 6.45) is 2.00. The van der Waals surface area contributed by atoms with Crippen LogP contribution >= 0.6 is 11.6 Å². The SMILES string of the molecule is CN1C(=N)NC(C)(c2ccnc(-c3cccc(Cl)c3)c2)CC1=O. The molecule has 2 N–H and O–H groups in total. The third-order valence-electron chi connectivity index (χ3n) is 4.13. The Morgan fingerprint density at radius 1 is 1.35 bits per heavy atom. The minimum Gasteiger partial charge on any atom is -0.346 e. The molecule has 1 saturated heterocycles. The van der Waals surface area contributed by atoms with Crippen molar-refractivity contribution in [1.29, 1.82) is 5.41 Å². The number of nitrogens with zero attached hydrogens (tertiary/aromatic N) is 2. The van der Waals surface area contributed by atoms with Crippen molar-refractivity contribution in [1.82, 2.24) is 15.2 Å². The Labute approximate surface area is 139 Å². The van der Waals surface area contributed by atoms with Crippen LogP contribution in [0, 0.1) is 5.41 Å². The third-order valence-corrected chi connectivity index (χ3v) is 4.36. The van der Waals surface area contributed by atoms with Crippen LogP contribution < -0.4 is 5.32 Å². The van der Waals surface area contributed by atoms with Gasteiger partial charge in [0.25, 0.3) is 0 Å². The molecule has 3 rings (SSSR count). The lowest BCUT2D eigenvalue weighted by Gasteiger charge is -2.39. The van der Waals surface area contributed by atoms with E-state index in [0.717, 1.165) is 16.8 Å². The Bertz CT molecular complexity index is 772. The Morgan fingerprint density at radius 2 is 2.13 bits per heavy atom. The fraction of sp³-hybridized carbons (Fsp3) is 0.235. The lowest BCUT2D eigenvalue weighted by molar-refractivity contribution is -0.129. The van der Waals surface area contributed by atoms with E-state index < -0.39 is 5.54 Å². The van der Waals surface area contributed by atoms with Gasteiger partial charge in [0.2, 0.25) is 5.91 Å². The van der Waals surface area contributed by atoms with Crippen molar-refractivity contribution in [3.8, 4) is 11.3 Å². The summed E-state index contributed by atoms with van der Waals surface area (Å²) in [5.41, 5.74) is 1.98. The fourth-order valence-corrected chi connectivity index (χ4v) is 2.88. The van der Waals surface area contributed by atoms with Gasteiger partial charge in [-0.25, -0.2) is 0 Å². The van der Waals surface area contributed by atoms with Crippen molar-refractivity contribution in [2.24, 2.45) is 0 Å². The topological polar surface area (TPSA) is 69.1 Å².